The Morgan fingerprint density at radius 3 is 2.52 bits per heavy atom. The first-order chi connectivity index (χ1) is 12.1. The van der Waals surface area contributed by atoms with E-state index in [9.17, 15) is 4.79 Å². The summed E-state index contributed by atoms with van der Waals surface area (Å²) in [7, 11) is 2.15. The second-order valence-electron chi connectivity index (χ2n) is 6.48. The molecule has 2 heterocycles. The third-order valence-electron chi connectivity index (χ3n) is 4.63. The molecular formula is C19H26N4OS. The van der Waals surface area contributed by atoms with E-state index >= 15 is 0 Å². The number of hydrogen-bond donors (Lipinski definition) is 1. The highest BCUT2D eigenvalue weighted by Crippen LogP contribution is 2.19. The maximum absolute atomic E-state index is 12.4. The summed E-state index contributed by atoms with van der Waals surface area (Å²) in [5.41, 5.74) is 2.99. The van der Waals surface area contributed by atoms with Gasteiger partial charge in [-0.25, -0.2) is 4.98 Å². The lowest BCUT2D eigenvalue weighted by Gasteiger charge is -2.34. The van der Waals surface area contributed by atoms with Gasteiger partial charge in [0.1, 0.15) is 0 Å². The number of carbonyl (C=O) groups is 1. The fourth-order valence-corrected chi connectivity index (χ4v) is 4.04. The molecule has 1 saturated heterocycles. The number of aryl methyl sites for hydroxylation is 2. The summed E-state index contributed by atoms with van der Waals surface area (Å²) < 4.78 is 0. The molecular weight excluding hydrogens is 332 g/mol. The monoisotopic (exact) mass is 358 g/mol. The molecule has 134 valence electrons. The van der Waals surface area contributed by atoms with Gasteiger partial charge in [-0.05, 0) is 44.7 Å². The van der Waals surface area contributed by atoms with E-state index in [0.717, 1.165) is 48.2 Å². The van der Waals surface area contributed by atoms with Crippen LogP contribution in [0.2, 0.25) is 0 Å². The Balaban J connectivity index is 1.59. The summed E-state index contributed by atoms with van der Waals surface area (Å²) in [6.45, 7) is 8.88. The van der Waals surface area contributed by atoms with Gasteiger partial charge in [-0.1, -0.05) is 6.92 Å². The number of likely N-dealkylation sites (N-methyl/N-ethyl adjacent to an activating group) is 1. The van der Waals surface area contributed by atoms with Gasteiger partial charge in [-0.2, -0.15) is 0 Å². The topological polar surface area (TPSA) is 48.5 Å². The first-order valence-corrected chi connectivity index (χ1v) is 9.65. The molecule has 1 amide bonds. The number of rotatable bonds is 5. The average molecular weight is 359 g/mol. The van der Waals surface area contributed by atoms with E-state index in [4.69, 9.17) is 0 Å². The van der Waals surface area contributed by atoms with Crippen LogP contribution in [0.15, 0.2) is 24.3 Å². The van der Waals surface area contributed by atoms with Crippen molar-refractivity contribution in [3.05, 3.63) is 45.4 Å². The largest absolute Gasteiger partial charge is 0.369 e. The molecule has 0 aliphatic carbocycles. The predicted molar refractivity (Wildman–Crippen MR) is 104 cm³/mol. The molecule has 6 heteroatoms. The number of anilines is 1. The van der Waals surface area contributed by atoms with Crippen LogP contribution in [-0.4, -0.2) is 49.0 Å². The van der Waals surface area contributed by atoms with Gasteiger partial charge in [0.05, 0.1) is 17.2 Å². The van der Waals surface area contributed by atoms with Gasteiger partial charge in [-0.15, -0.1) is 11.3 Å². The highest BCUT2D eigenvalue weighted by molar-refractivity contribution is 7.11. The number of benzene rings is 1. The standard InChI is InChI=1S/C19H26N4OS/c1-4-17-18(25-14(2)21-17)13-20-19(24)15-5-7-16(8-6-15)23-11-9-22(3)10-12-23/h5-8H,4,9-13H2,1-3H3,(H,20,24). The van der Waals surface area contributed by atoms with Crippen LogP contribution in [0.3, 0.4) is 0 Å². The van der Waals surface area contributed by atoms with E-state index in [-0.39, 0.29) is 5.91 Å². The zero-order valence-electron chi connectivity index (χ0n) is 15.2. The van der Waals surface area contributed by atoms with Crippen LogP contribution in [0, 0.1) is 6.92 Å². The number of amides is 1. The van der Waals surface area contributed by atoms with Gasteiger partial charge >= 0.3 is 0 Å². The summed E-state index contributed by atoms with van der Waals surface area (Å²) >= 11 is 1.66. The Morgan fingerprint density at radius 1 is 1.20 bits per heavy atom. The number of carbonyl (C=O) groups excluding carboxylic acids is 1. The highest BCUT2D eigenvalue weighted by atomic mass is 32.1. The lowest BCUT2D eigenvalue weighted by molar-refractivity contribution is 0.0951. The molecule has 25 heavy (non-hydrogen) atoms. The predicted octanol–water partition coefficient (Wildman–Crippen LogP) is 2.70. The number of piperazine rings is 1. The fourth-order valence-electron chi connectivity index (χ4n) is 3.08. The third kappa shape index (κ3) is 4.38. The molecule has 2 aromatic rings. The Morgan fingerprint density at radius 2 is 1.88 bits per heavy atom. The average Bonchev–Trinajstić information content (AvgIpc) is 3.00. The van der Waals surface area contributed by atoms with Crippen molar-refractivity contribution < 1.29 is 4.79 Å². The van der Waals surface area contributed by atoms with Gasteiger partial charge in [0.25, 0.3) is 5.91 Å². The number of hydrogen-bond acceptors (Lipinski definition) is 5. The minimum Gasteiger partial charge on any atom is -0.369 e. The maximum atomic E-state index is 12.4. The molecule has 1 aromatic heterocycles. The first-order valence-electron chi connectivity index (χ1n) is 8.83. The van der Waals surface area contributed by atoms with Crippen LogP contribution < -0.4 is 10.2 Å². The molecule has 0 radical (unpaired) electrons. The molecule has 1 aromatic carbocycles. The van der Waals surface area contributed by atoms with Crippen LogP contribution in [0.25, 0.3) is 0 Å². The zero-order valence-corrected chi connectivity index (χ0v) is 16.0. The lowest BCUT2D eigenvalue weighted by atomic mass is 10.1. The molecule has 0 unspecified atom stereocenters. The van der Waals surface area contributed by atoms with Crippen molar-refractivity contribution in [1.82, 2.24) is 15.2 Å². The first kappa shape index (κ1) is 17.9. The van der Waals surface area contributed by atoms with E-state index in [2.05, 4.69) is 46.2 Å². The Labute approximate surface area is 153 Å². The smallest absolute Gasteiger partial charge is 0.251 e. The summed E-state index contributed by atoms with van der Waals surface area (Å²) in [4.78, 5) is 22.8. The van der Waals surface area contributed by atoms with Crippen molar-refractivity contribution in [2.45, 2.75) is 26.8 Å². The number of nitrogens with one attached hydrogen (secondary N) is 1. The molecule has 3 rings (SSSR count). The molecule has 0 saturated carbocycles. The molecule has 0 atom stereocenters. The minimum atomic E-state index is -0.0296. The van der Waals surface area contributed by atoms with Gasteiger partial charge in [-0.3, -0.25) is 4.79 Å². The van der Waals surface area contributed by atoms with E-state index in [1.807, 2.05) is 19.1 Å². The molecule has 1 aliphatic rings. The Hall–Kier alpha value is -1.92. The van der Waals surface area contributed by atoms with Gasteiger partial charge < -0.3 is 15.1 Å². The van der Waals surface area contributed by atoms with Gasteiger partial charge in [0.2, 0.25) is 0 Å². The maximum Gasteiger partial charge on any atom is 0.251 e. The minimum absolute atomic E-state index is 0.0296. The van der Waals surface area contributed by atoms with Crippen molar-refractivity contribution in [3.8, 4) is 0 Å². The van der Waals surface area contributed by atoms with Crippen molar-refractivity contribution in [3.63, 3.8) is 0 Å². The lowest BCUT2D eigenvalue weighted by Crippen LogP contribution is -2.44. The molecule has 0 spiro atoms. The Bertz CT molecular complexity index is 718. The summed E-state index contributed by atoms with van der Waals surface area (Å²) in [5.74, 6) is -0.0296. The van der Waals surface area contributed by atoms with E-state index in [1.54, 1.807) is 11.3 Å². The van der Waals surface area contributed by atoms with Crippen LogP contribution in [-0.2, 0) is 13.0 Å². The number of aromatic nitrogens is 1. The summed E-state index contributed by atoms with van der Waals surface area (Å²) in [6, 6.07) is 7.94. The summed E-state index contributed by atoms with van der Waals surface area (Å²) in [6.07, 6.45) is 0.898. The fraction of sp³-hybridized carbons (Fsp3) is 0.474. The zero-order chi connectivity index (χ0) is 17.8. The van der Waals surface area contributed by atoms with Crippen molar-refractivity contribution in [2.24, 2.45) is 0 Å². The van der Waals surface area contributed by atoms with Crippen molar-refractivity contribution in [2.75, 3.05) is 38.1 Å². The number of thiazole rings is 1. The van der Waals surface area contributed by atoms with Crippen LogP contribution in [0.4, 0.5) is 5.69 Å². The van der Waals surface area contributed by atoms with E-state index < -0.39 is 0 Å². The SMILES string of the molecule is CCc1nc(C)sc1CNC(=O)c1ccc(N2CCN(C)CC2)cc1. The number of nitrogens with zero attached hydrogens (tertiary/aromatic N) is 3. The van der Waals surface area contributed by atoms with E-state index in [0.29, 0.717) is 12.1 Å². The van der Waals surface area contributed by atoms with Gasteiger partial charge in [0, 0.05) is 42.3 Å². The quantitative estimate of drug-likeness (QED) is 0.893. The highest BCUT2D eigenvalue weighted by Gasteiger charge is 2.15. The van der Waals surface area contributed by atoms with Crippen molar-refractivity contribution in [1.29, 1.82) is 0 Å². The molecule has 0 bridgehead atoms. The van der Waals surface area contributed by atoms with Crippen LogP contribution in [0.5, 0.6) is 0 Å². The molecule has 5 nitrogen and oxygen atoms in total. The molecule has 1 aliphatic heterocycles. The second-order valence-corrected chi connectivity index (χ2v) is 7.76. The second kappa shape index (κ2) is 7.97. The molecule has 1 N–H and O–H groups in total. The van der Waals surface area contributed by atoms with E-state index in [1.165, 1.54) is 5.69 Å². The van der Waals surface area contributed by atoms with Gasteiger partial charge in [0.15, 0.2) is 0 Å². The van der Waals surface area contributed by atoms with Crippen molar-refractivity contribution >= 4 is 22.9 Å². The van der Waals surface area contributed by atoms with Crippen LogP contribution >= 0.6 is 11.3 Å². The van der Waals surface area contributed by atoms with Crippen LogP contribution in [0.1, 0.15) is 32.9 Å². The Kier molecular flexibility index (Phi) is 5.71. The molecule has 1 fully saturated rings. The summed E-state index contributed by atoms with van der Waals surface area (Å²) in [5, 5.41) is 4.07. The normalized spacial score (nSPS) is 15.4. The third-order valence-corrected chi connectivity index (χ3v) is 5.64.